The zero-order valence-electron chi connectivity index (χ0n) is 21.0. The first-order chi connectivity index (χ1) is 18.8. The predicted octanol–water partition coefficient (Wildman–Crippen LogP) is 4.75. The molecule has 1 atom stereocenters. The summed E-state index contributed by atoms with van der Waals surface area (Å²) in [6.07, 6.45) is 4.17. The summed E-state index contributed by atoms with van der Waals surface area (Å²) in [6, 6.07) is 14.7. The van der Waals surface area contributed by atoms with Crippen molar-refractivity contribution in [2.24, 2.45) is 0 Å². The number of nitrogens with zero attached hydrogens (tertiary/aromatic N) is 3. The molecular formula is C28H27F2N3O5S. The monoisotopic (exact) mass is 555 g/mol. The van der Waals surface area contributed by atoms with Crippen LogP contribution in [0, 0.1) is 11.6 Å². The Bertz CT molecular complexity index is 1550. The second-order valence-corrected chi connectivity index (χ2v) is 11.2. The molecule has 0 radical (unpaired) electrons. The molecule has 1 fully saturated rings. The van der Waals surface area contributed by atoms with Crippen LogP contribution in [0.2, 0.25) is 0 Å². The van der Waals surface area contributed by atoms with E-state index in [-0.39, 0.29) is 42.0 Å². The molecule has 1 saturated heterocycles. The quantitative estimate of drug-likeness (QED) is 0.280. The van der Waals surface area contributed by atoms with Crippen LogP contribution >= 0.6 is 0 Å². The van der Waals surface area contributed by atoms with Gasteiger partial charge in [0.25, 0.3) is 5.91 Å². The second kappa shape index (κ2) is 11.5. The van der Waals surface area contributed by atoms with Crippen molar-refractivity contribution in [3.05, 3.63) is 107 Å². The van der Waals surface area contributed by atoms with Crippen LogP contribution in [0.5, 0.6) is 0 Å². The van der Waals surface area contributed by atoms with Crippen LogP contribution in [0.1, 0.15) is 40.2 Å². The maximum absolute atomic E-state index is 14.6. The smallest absolute Gasteiger partial charge is 0.257 e. The van der Waals surface area contributed by atoms with E-state index in [1.54, 1.807) is 24.3 Å². The number of benzene rings is 2. The van der Waals surface area contributed by atoms with Crippen molar-refractivity contribution >= 4 is 15.7 Å². The molecule has 0 N–H and O–H groups in total. The van der Waals surface area contributed by atoms with Crippen molar-refractivity contribution in [1.82, 2.24) is 14.5 Å². The van der Waals surface area contributed by atoms with Crippen molar-refractivity contribution in [3.8, 4) is 0 Å². The van der Waals surface area contributed by atoms with Crippen molar-refractivity contribution < 1.29 is 31.1 Å². The van der Waals surface area contributed by atoms with Crippen LogP contribution in [0.25, 0.3) is 0 Å². The molecular weight excluding hydrogens is 528 g/mol. The molecule has 8 nitrogen and oxygen atoms in total. The molecule has 0 aliphatic carbocycles. The zero-order chi connectivity index (χ0) is 27.4. The van der Waals surface area contributed by atoms with Gasteiger partial charge >= 0.3 is 0 Å². The summed E-state index contributed by atoms with van der Waals surface area (Å²) in [5.74, 6) is -2.00. The van der Waals surface area contributed by atoms with E-state index in [1.807, 2.05) is 0 Å². The van der Waals surface area contributed by atoms with Gasteiger partial charge in [0.1, 0.15) is 17.4 Å². The molecule has 1 aliphatic rings. The van der Waals surface area contributed by atoms with Crippen LogP contribution in [0.15, 0.2) is 82.7 Å². The number of hydrogen-bond acceptors (Lipinski definition) is 6. The molecule has 1 aliphatic heterocycles. The van der Waals surface area contributed by atoms with Gasteiger partial charge in [0.05, 0.1) is 55.2 Å². The van der Waals surface area contributed by atoms with E-state index in [4.69, 9.17) is 9.15 Å². The van der Waals surface area contributed by atoms with Crippen molar-refractivity contribution in [3.63, 3.8) is 0 Å². The van der Waals surface area contributed by atoms with E-state index < -0.39 is 33.1 Å². The lowest BCUT2D eigenvalue weighted by molar-refractivity contribution is 0.0701. The molecule has 1 amide bonds. The van der Waals surface area contributed by atoms with Crippen LogP contribution in [-0.2, 0) is 40.0 Å². The van der Waals surface area contributed by atoms with Gasteiger partial charge in [-0.25, -0.2) is 22.2 Å². The first-order valence-electron chi connectivity index (χ1n) is 12.5. The summed E-state index contributed by atoms with van der Waals surface area (Å²) in [6.45, 7) is 0.678. The Kier molecular flexibility index (Phi) is 7.89. The topological polar surface area (TPSA) is 94.6 Å². The Labute approximate surface area is 224 Å². The fourth-order valence-electron chi connectivity index (χ4n) is 4.63. The van der Waals surface area contributed by atoms with Gasteiger partial charge in [0.15, 0.2) is 0 Å². The third-order valence-electron chi connectivity index (χ3n) is 6.56. The van der Waals surface area contributed by atoms with Gasteiger partial charge in [-0.1, -0.05) is 30.3 Å². The minimum atomic E-state index is -4.08. The Morgan fingerprint density at radius 1 is 1.03 bits per heavy atom. The molecule has 0 spiro atoms. The number of carbonyl (C=O) groups excluding carboxylic acids is 1. The Morgan fingerprint density at radius 3 is 2.49 bits per heavy atom. The lowest BCUT2D eigenvalue weighted by Gasteiger charge is -2.24. The Balaban J connectivity index is 1.51. The molecule has 39 heavy (non-hydrogen) atoms. The van der Waals surface area contributed by atoms with Gasteiger partial charge < -0.3 is 18.6 Å². The largest absolute Gasteiger partial charge is 0.467 e. The molecule has 4 aromatic rings. The molecule has 3 heterocycles. The van der Waals surface area contributed by atoms with Crippen LogP contribution in [0.3, 0.4) is 0 Å². The van der Waals surface area contributed by atoms with Gasteiger partial charge in [0, 0.05) is 12.2 Å². The molecule has 2 aromatic carbocycles. The third kappa shape index (κ3) is 6.10. The number of carbonyl (C=O) groups is 1. The lowest BCUT2D eigenvalue weighted by Crippen LogP contribution is -2.32. The third-order valence-corrected chi connectivity index (χ3v) is 8.14. The van der Waals surface area contributed by atoms with Crippen LogP contribution in [0.4, 0.5) is 8.78 Å². The van der Waals surface area contributed by atoms with E-state index >= 15 is 0 Å². The highest BCUT2D eigenvalue weighted by molar-refractivity contribution is 7.90. The Morgan fingerprint density at radius 2 is 1.79 bits per heavy atom. The van der Waals surface area contributed by atoms with Gasteiger partial charge in [-0.05, 0) is 43.2 Å². The predicted molar refractivity (Wildman–Crippen MR) is 137 cm³/mol. The molecule has 0 unspecified atom stereocenters. The van der Waals surface area contributed by atoms with E-state index in [0.29, 0.717) is 18.1 Å². The Hall–Kier alpha value is -3.83. The van der Waals surface area contributed by atoms with Crippen LogP contribution < -0.4 is 0 Å². The van der Waals surface area contributed by atoms with Gasteiger partial charge in [-0.3, -0.25) is 4.79 Å². The number of furan rings is 1. The standard InChI is InChI=1S/C28H27F2N3O5S/c29-25-11-3-1-7-20(25)19-39(35,36)28-31-15-21(33(28)18-23-9-6-14-38-23)16-32(17-22-8-5-13-37-22)27(34)24-10-2-4-12-26(24)30/h1-5,7-8,10-13,15,23H,6,9,14,16-19H2/t23-/m1/s1. The summed E-state index contributed by atoms with van der Waals surface area (Å²) < 4.78 is 68.5. The number of hydrogen-bond donors (Lipinski definition) is 0. The van der Waals surface area contributed by atoms with Crippen LogP contribution in [-0.4, -0.2) is 41.5 Å². The zero-order valence-corrected chi connectivity index (χ0v) is 21.8. The van der Waals surface area contributed by atoms with E-state index in [9.17, 15) is 22.0 Å². The molecule has 0 bridgehead atoms. The highest BCUT2D eigenvalue weighted by Crippen LogP contribution is 2.24. The second-order valence-electron chi connectivity index (χ2n) is 9.35. The van der Waals surface area contributed by atoms with Gasteiger partial charge in [-0.15, -0.1) is 0 Å². The normalized spacial score (nSPS) is 15.5. The number of amides is 1. The average molecular weight is 556 g/mol. The molecule has 11 heteroatoms. The number of ether oxygens (including phenoxy) is 1. The number of sulfone groups is 1. The lowest BCUT2D eigenvalue weighted by atomic mass is 10.1. The van der Waals surface area contributed by atoms with Crippen molar-refractivity contribution in [1.29, 1.82) is 0 Å². The number of aromatic nitrogens is 2. The number of rotatable bonds is 10. The van der Waals surface area contributed by atoms with Crippen molar-refractivity contribution in [2.45, 2.75) is 49.5 Å². The molecule has 204 valence electrons. The molecule has 2 aromatic heterocycles. The fourth-order valence-corrected chi connectivity index (χ4v) is 6.14. The summed E-state index contributed by atoms with van der Waals surface area (Å²) in [5, 5.41) is -0.243. The minimum Gasteiger partial charge on any atom is -0.467 e. The summed E-state index contributed by atoms with van der Waals surface area (Å²) in [7, 11) is -4.08. The van der Waals surface area contributed by atoms with Gasteiger partial charge in [-0.2, -0.15) is 0 Å². The van der Waals surface area contributed by atoms with Gasteiger partial charge in [0.2, 0.25) is 15.0 Å². The average Bonchev–Trinajstić information content (AvgIpc) is 3.69. The first-order valence-corrected chi connectivity index (χ1v) is 14.2. The first kappa shape index (κ1) is 26.8. The SMILES string of the molecule is O=C(c1ccccc1F)N(Cc1ccco1)Cc1cnc(S(=O)(=O)Cc2ccccc2F)n1C[C@H]1CCCO1. The highest BCUT2D eigenvalue weighted by Gasteiger charge is 2.30. The summed E-state index contributed by atoms with van der Waals surface area (Å²) in [4.78, 5) is 19.1. The minimum absolute atomic E-state index is 0.0165. The molecule has 0 saturated carbocycles. The van der Waals surface area contributed by atoms with Crippen molar-refractivity contribution in [2.75, 3.05) is 6.61 Å². The number of imidazole rings is 1. The maximum Gasteiger partial charge on any atom is 0.257 e. The van der Waals surface area contributed by atoms with E-state index in [0.717, 1.165) is 12.8 Å². The fraction of sp³-hybridized carbons (Fsp3) is 0.286. The maximum atomic E-state index is 14.6. The van der Waals surface area contributed by atoms with E-state index in [1.165, 1.54) is 58.3 Å². The van der Waals surface area contributed by atoms with E-state index in [2.05, 4.69) is 4.98 Å². The summed E-state index contributed by atoms with van der Waals surface area (Å²) >= 11 is 0. The molecule has 5 rings (SSSR count). The highest BCUT2D eigenvalue weighted by atomic mass is 32.2. The summed E-state index contributed by atoms with van der Waals surface area (Å²) in [5.41, 5.74) is 0.315. The number of halogens is 2.